The van der Waals surface area contributed by atoms with Gasteiger partial charge in [-0.1, -0.05) is 36.5 Å². The van der Waals surface area contributed by atoms with Crippen molar-refractivity contribution >= 4 is 23.2 Å². The number of pyridine rings is 1. The minimum Gasteiger partial charge on any atom is -0.312 e. The van der Waals surface area contributed by atoms with Gasteiger partial charge < -0.3 is 5.32 Å². The van der Waals surface area contributed by atoms with Crippen LogP contribution in [0.15, 0.2) is 12.3 Å². The van der Waals surface area contributed by atoms with Crippen LogP contribution in [0.25, 0.3) is 11.5 Å². The SMILES string of the molecule is CCCc1nc(-c2ncc(Cl)cc2Cl)nc2c1CNCC2. The minimum atomic E-state index is 0.485. The number of fused-ring (bicyclic) bond motifs is 1. The lowest BCUT2D eigenvalue weighted by molar-refractivity contribution is 0.615. The van der Waals surface area contributed by atoms with Crippen LogP contribution in [-0.4, -0.2) is 21.5 Å². The average molecular weight is 323 g/mol. The van der Waals surface area contributed by atoms with E-state index in [9.17, 15) is 0 Å². The first-order chi connectivity index (χ1) is 10.2. The van der Waals surface area contributed by atoms with Crippen LogP contribution in [0, 0.1) is 0 Å². The summed E-state index contributed by atoms with van der Waals surface area (Å²) in [6.07, 6.45) is 4.47. The fourth-order valence-corrected chi connectivity index (χ4v) is 3.01. The lowest BCUT2D eigenvalue weighted by Crippen LogP contribution is -2.27. The molecule has 0 saturated carbocycles. The van der Waals surface area contributed by atoms with Gasteiger partial charge in [-0.25, -0.2) is 15.0 Å². The number of nitrogens with one attached hydrogen (secondary N) is 1. The number of halogens is 2. The van der Waals surface area contributed by atoms with Gasteiger partial charge >= 0.3 is 0 Å². The summed E-state index contributed by atoms with van der Waals surface area (Å²) in [4.78, 5) is 13.7. The molecule has 1 aliphatic heterocycles. The maximum atomic E-state index is 6.24. The number of aryl methyl sites for hydroxylation is 1. The van der Waals surface area contributed by atoms with Gasteiger partial charge in [0.05, 0.1) is 15.7 Å². The molecule has 0 amide bonds. The Kier molecular flexibility index (Phi) is 4.38. The van der Waals surface area contributed by atoms with E-state index in [2.05, 4.69) is 22.2 Å². The zero-order chi connectivity index (χ0) is 14.8. The minimum absolute atomic E-state index is 0.485. The van der Waals surface area contributed by atoms with Crippen molar-refractivity contribution < 1.29 is 0 Å². The largest absolute Gasteiger partial charge is 0.312 e. The third-order valence-corrected chi connectivity index (χ3v) is 4.02. The van der Waals surface area contributed by atoms with Crippen molar-refractivity contribution in [1.82, 2.24) is 20.3 Å². The first-order valence-corrected chi connectivity index (χ1v) is 7.85. The fraction of sp³-hybridized carbons (Fsp3) is 0.400. The van der Waals surface area contributed by atoms with Gasteiger partial charge in [-0.05, 0) is 12.5 Å². The first kappa shape index (κ1) is 14.7. The molecule has 3 heterocycles. The summed E-state index contributed by atoms with van der Waals surface area (Å²) < 4.78 is 0. The van der Waals surface area contributed by atoms with Gasteiger partial charge in [-0.2, -0.15) is 0 Å². The molecule has 6 heteroatoms. The van der Waals surface area contributed by atoms with E-state index in [1.54, 1.807) is 12.3 Å². The molecule has 1 N–H and O–H groups in total. The van der Waals surface area contributed by atoms with Crippen LogP contribution in [0.4, 0.5) is 0 Å². The lowest BCUT2D eigenvalue weighted by atomic mass is 10.0. The lowest BCUT2D eigenvalue weighted by Gasteiger charge is -2.20. The van der Waals surface area contributed by atoms with Crippen LogP contribution in [0.3, 0.4) is 0 Å². The number of nitrogens with zero attached hydrogens (tertiary/aromatic N) is 3. The molecule has 0 saturated heterocycles. The van der Waals surface area contributed by atoms with E-state index in [0.717, 1.165) is 43.7 Å². The Bertz CT molecular complexity index is 673. The molecule has 0 aromatic carbocycles. The molecule has 0 aliphatic carbocycles. The summed E-state index contributed by atoms with van der Waals surface area (Å²) in [5.41, 5.74) is 4.03. The highest BCUT2D eigenvalue weighted by Crippen LogP contribution is 2.28. The van der Waals surface area contributed by atoms with Gasteiger partial charge in [-0.3, -0.25) is 0 Å². The van der Waals surface area contributed by atoms with Crippen molar-refractivity contribution in [2.45, 2.75) is 32.7 Å². The van der Waals surface area contributed by atoms with Crippen molar-refractivity contribution in [1.29, 1.82) is 0 Å². The van der Waals surface area contributed by atoms with Crippen molar-refractivity contribution in [3.63, 3.8) is 0 Å². The van der Waals surface area contributed by atoms with E-state index in [-0.39, 0.29) is 0 Å². The predicted molar refractivity (Wildman–Crippen MR) is 84.7 cm³/mol. The molecular weight excluding hydrogens is 307 g/mol. The van der Waals surface area contributed by atoms with Crippen LogP contribution in [-0.2, 0) is 19.4 Å². The van der Waals surface area contributed by atoms with E-state index in [4.69, 9.17) is 28.2 Å². The Balaban J connectivity index is 2.12. The van der Waals surface area contributed by atoms with Gasteiger partial charge in [0.25, 0.3) is 0 Å². The molecule has 0 fully saturated rings. The molecule has 21 heavy (non-hydrogen) atoms. The molecule has 0 unspecified atom stereocenters. The molecule has 1 aliphatic rings. The summed E-state index contributed by atoms with van der Waals surface area (Å²) in [5.74, 6) is 0.598. The van der Waals surface area contributed by atoms with Gasteiger partial charge in [0.1, 0.15) is 5.69 Å². The number of hydrogen-bond donors (Lipinski definition) is 1. The van der Waals surface area contributed by atoms with Gasteiger partial charge in [0.2, 0.25) is 0 Å². The molecule has 2 aromatic rings. The van der Waals surface area contributed by atoms with E-state index in [1.165, 1.54) is 5.56 Å². The topological polar surface area (TPSA) is 50.7 Å². The van der Waals surface area contributed by atoms with E-state index in [1.807, 2.05) is 0 Å². The van der Waals surface area contributed by atoms with Crippen molar-refractivity contribution in [2.24, 2.45) is 0 Å². The molecule has 0 bridgehead atoms. The second kappa shape index (κ2) is 6.26. The van der Waals surface area contributed by atoms with E-state index < -0.39 is 0 Å². The van der Waals surface area contributed by atoms with Crippen LogP contribution in [0.2, 0.25) is 10.0 Å². The molecule has 0 atom stereocenters. The van der Waals surface area contributed by atoms with Gasteiger partial charge in [0.15, 0.2) is 5.82 Å². The normalized spacial score (nSPS) is 14.0. The molecular formula is C15H16Cl2N4. The van der Waals surface area contributed by atoms with Gasteiger partial charge in [-0.15, -0.1) is 0 Å². The van der Waals surface area contributed by atoms with E-state index in [0.29, 0.717) is 21.6 Å². The fourth-order valence-electron chi connectivity index (χ4n) is 2.54. The summed E-state index contributed by atoms with van der Waals surface area (Å²) >= 11 is 12.1. The van der Waals surface area contributed by atoms with Crippen LogP contribution in [0.1, 0.15) is 30.3 Å². The molecule has 3 rings (SSSR count). The van der Waals surface area contributed by atoms with Crippen LogP contribution in [0.5, 0.6) is 0 Å². The predicted octanol–water partition coefficient (Wildman–Crippen LogP) is 3.44. The molecule has 4 nitrogen and oxygen atoms in total. The summed E-state index contributed by atoms with van der Waals surface area (Å²) in [7, 11) is 0. The molecule has 0 spiro atoms. The zero-order valence-corrected chi connectivity index (χ0v) is 13.3. The zero-order valence-electron chi connectivity index (χ0n) is 11.8. The summed E-state index contributed by atoms with van der Waals surface area (Å²) in [5, 5.41) is 4.38. The Morgan fingerprint density at radius 2 is 2.14 bits per heavy atom. The van der Waals surface area contributed by atoms with E-state index >= 15 is 0 Å². The standard InChI is InChI=1S/C15H16Cl2N4/c1-2-3-12-10-8-18-5-4-13(10)21-15(20-12)14-11(17)6-9(16)7-19-14/h6-7,18H,2-5,8H2,1H3. The monoisotopic (exact) mass is 322 g/mol. The second-order valence-corrected chi connectivity index (χ2v) is 5.92. The van der Waals surface area contributed by atoms with Crippen molar-refractivity contribution in [3.05, 3.63) is 39.3 Å². The Morgan fingerprint density at radius 1 is 1.29 bits per heavy atom. The van der Waals surface area contributed by atoms with Crippen LogP contribution >= 0.6 is 23.2 Å². The van der Waals surface area contributed by atoms with Gasteiger partial charge in [0, 0.05) is 37.0 Å². The molecule has 2 aromatic heterocycles. The molecule has 0 radical (unpaired) electrons. The third-order valence-electron chi connectivity index (χ3n) is 3.53. The van der Waals surface area contributed by atoms with Crippen LogP contribution < -0.4 is 5.32 Å². The van der Waals surface area contributed by atoms with Crippen molar-refractivity contribution in [2.75, 3.05) is 6.54 Å². The Morgan fingerprint density at radius 3 is 2.90 bits per heavy atom. The van der Waals surface area contributed by atoms with Crippen molar-refractivity contribution in [3.8, 4) is 11.5 Å². The molecule has 110 valence electrons. The summed E-state index contributed by atoms with van der Waals surface area (Å²) in [6.45, 7) is 3.93. The summed E-state index contributed by atoms with van der Waals surface area (Å²) in [6, 6.07) is 1.68. The highest BCUT2D eigenvalue weighted by molar-refractivity contribution is 6.35. The first-order valence-electron chi connectivity index (χ1n) is 7.10. The quantitative estimate of drug-likeness (QED) is 0.940. The number of aromatic nitrogens is 3. The Labute approximate surface area is 133 Å². The smallest absolute Gasteiger partial charge is 0.180 e. The number of rotatable bonds is 3. The maximum absolute atomic E-state index is 6.24. The maximum Gasteiger partial charge on any atom is 0.180 e. The third kappa shape index (κ3) is 3.03. The highest BCUT2D eigenvalue weighted by Gasteiger charge is 2.19. The average Bonchev–Trinajstić information content (AvgIpc) is 2.47. The Hall–Kier alpha value is -1.23. The highest BCUT2D eigenvalue weighted by atomic mass is 35.5. The second-order valence-electron chi connectivity index (χ2n) is 5.08. The number of hydrogen-bond acceptors (Lipinski definition) is 4.